The molecule has 6 nitrogen and oxygen atoms in total. The van der Waals surface area contributed by atoms with Crippen LogP contribution in [0.4, 0.5) is 4.39 Å². The summed E-state index contributed by atoms with van der Waals surface area (Å²) in [4.78, 5) is 25.1. The van der Waals surface area contributed by atoms with Gasteiger partial charge >= 0.3 is 5.97 Å². The Morgan fingerprint density at radius 3 is 2.53 bits per heavy atom. The van der Waals surface area contributed by atoms with Crippen molar-refractivity contribution in [2.75, 3.05) is 0 Å². The maximum Gasteiger partial charge on any atom is 0.317 e. The molecule has 0 saturated heterocycles. The number of thioether (sulfide) groups is 1. The van der Waals surface area contributed by atoms with Crippen molar-refractivity contribution in [1.29, 1.82) is 0 Å². The molecule has 32 heavy (non-hydrogen) atoms. The highest BCUT2D eigenvalue weighted by Crippen LogP contribution is 2.29. The summed E-state index contributed by atoms with van der Waals surface area (Å²) in [5.41, 5.74) is 2.40. The summed E-state index contributed by atoms with van der Waals surface area (Å²) >= 11 is 1.20. The molecule has 8 heteroatoms. The fourth-order valence-electron chi connectivity index (χ4n) is 3.30. The number of hydrogen-bond acceptors (Lipinski definition) is 5. The smallest absolute Gasteiger partial charge is 0.317 e. The van der Waals surface area contributed by atoms with Gasteiger partial charge in [-0.15, -0.1) is 16.9 Å². The summed E-state index contributed by atoms with van der Waals surface area (Å²) in [5.74, 6) is -1.24. The fraction of sp³-hybridized carbons (Fsp3) is 0.167. The normalized spacial score (nSPS) is 12.1. The summed E-state index contributed by atoms with van der Waals surface area (Å²) in [6, 6.07) is 19.3. The molecule has 4 rings (SSSR count). The van der Waals surface area contributed by atoms with E-state index in [0.717, 1.165) is 16.0 Å². The number of carbonyl (C=O) groups is 1. The first-order valence-electron chi connectivity index (χ1n) is 10.0. The molecule has 0 radical (unpaired) electrons. The van der Waals surface area contributed by atoms with Crippen molar-refractivity contribution in [3.8, 4) is 11.1 Å². The Bertz CT molecular complexity index is 1340. The van der Waals surface area contributed by atoms with Crippen molar-refractivity contribution >= 4 is 28.6 Å². The number of carboxylic acids is 1. The molecule has 0 saturated carbocycles. The molecule has 1 atom stereocenters. The van der Waals surface area contributed by atoms with Crippen LogP contribution in [0.1, 0.15) is 12.0 Å². The Kier molecular flexibility index (Phi) is 6.32. The van der Waals surface area contributed by atoms with Crippen molar-refractivity contribution in [2.45, 2.75) is 30.0 Å². The number of aliphatic carboxylic acids is 1. The van der Waals surface area contributed by atoms with Gasteiger partial charge in [-0.2, -0.15) is 0 Å². The average Bonchev–Trinajstić information content (AvgIpc) is 2.80. The molecule has 0 aliphatic carbocycles. The Labute approximate surface area is 187 Å². The van der Waals surface area contributed by atoms with Crippen molar-refractivity contribution in [3.05, 3.63) is 88.5 Å². The van der Waals surface area contributed by atoms with E-state index in [1.54, 1.807) is 37.3 Å². The number of fused-ring (bicyclic) bond motifs is 1. The standard InChI is InChI=1S/C24H20FN3O3S/c1-15-6-7-17(14-20(15)25)16-8-10-18(11-9-16)32-22(24(30)31)12-13-28-23(29)19-4-2-3-5-21(19)26-27-28/h2-11,14,22H,12-13H2,1H3,(H,30,31). The maximum absolute atomic E-state index is 13.8. The van der Waals surface area contributed by atoms with E-state index in [4.69, 9.17) is 0 Å². The van der Waals surface area contributed by atoms with Crippen molar-refractivity contribution in [2.24, 2.45) is 0 Å². The molecule has 0 spiro atoms. The number of nitrogens with zero attached hydrogens (tertiary/aromatic N) is 3. The second kappa shape index (κ2) is 9.32. The predicted molar refractivity (Wildman–Crippen MR) is 122 cm³/mol. The molecule has 162 valence electrons. The fourth-order valence-corrected chi connectivity index (χ4v) is 4.25. The van der Waals surface area contributed by atoms with Crippen LogP contribution in [0, 0.1) is 12.7 Å². The van der Waals surface area contributed by atoms with E-state index in [9.17, 15) is 19.1 Å². The zero-order chi connectivity index (χ0) is 22.7. The van der Waals surface area contributed by atoms with Gasteiger partial charge in [0.2, 0.25) is 0 Å². The van der Waals surface area contributed by atoms with Gasteiger partial charge in [0.05, 0.1) is 5.39 Å². The Balaban J connectivity index is 1.47. The molecular weight excluding hydrogens is 429 g/mol. The largest absolute Gasteiger partial charge is 0.480 e. The highest BCUT2D eigenvalue weighted by atomic mass is 32.2. The predicted octanol–water partition coefficient (Wildman–Crippen LogP) is 4.54. The molecular formula is C24H20FN3O3S. The quantitative estimate of drug-likeness (QED) is 0.417. The van der Waals surface area contributed by atoms with Gasteiger partial charge in [0.25, 0.3) is 5.56 Å². The molecule has 1 N–H and O–H groups in total. The molecule has 0 aliphatic heterocycles. The molecule has 3 aromatic carbocycles. The third kappa shape index (κ3) is 4.70. The topological polar surface area (TPSA) is 85.1 Å². The Morgan fingerprint density at radius 1 is 1.09 bits per heavy atom. The molecule has 1 unspecified atom stereocenters. The van der Waals surface area contributed by atoms with Crippen LogP contribution < -0.4 is 5.56 Å². The van der Waals surface area contributed by atoms with Gasteiger partial charge < -0.3 is 5.11 Å². The SMILES string of the molecule is Cc1ccc(-c2ccc(SC(CCn3nnc4ccccc4c3=O)C(=O)O)cc2)cc1F. The van der Waals surface area contributed by atoms with Gasteiger partial charge in [-0.25, -0.2) is 9.07 Å². The minimum absolute atomic E-state index is 0.140. The third-order valence-electron chi connectivity index (χ3n) is 5.15. The van der Waals surface area contributed by atoms with Crippen LogP contribution in [-0.4, -0.2) is 31.3 Å². The monoisotopic (exact) mass is 449 g/mol. The van der Waals surface area contributed by atoms with Crippen LogP contribution in [0.5, 0.6) is 0 Å². The van der Waals surface area contributed by atoms with Crippen LogP contribution in [0.25, 0.3) is 22.0 Å². The minimum atomic E-state index is -0.971. The zero-order valence-corrected chi connectivity index (χ0v) is 18.1. The van der Waals surface area contributed by atoms with Crippen molar-refractivity contribution in [3.63, 3.8) is 0 Å². The lowest BCUT2D eigenvalue weighted by Crippen LogP contribution is -2.27. The molecule has 0 amide bonds. The van der Waals surface area contributed by atoms with Gasteiger partial charge in [0.1, 0.15) is 16.6 Å². The number of aryl methyl sites for hydroxylation is 2. The average molecular weight is 450 g/mol. The molecule has 1 aromatic heterocycles. The maximum atomic E-state index is 13.8. The Morgan fingerprint density at radius 2 is 1.81 bits per heavy atom. The van der Waals surface area contributed by atoms with E-state index >= 15 is 0 Å². The highest BCUT2D eigenvalue weighted by molar-refractivity contribution is 8.00. The van der Waals surface area contributed by atoms with Gasteiger partial charge in [-0.05, 0) is 60.4 Å². The molecule has 0 aliphatic rings. The summed E-state index contributed by atoms with van der Waals surface area (Å²) in [5, 5.41) is 17.3. The zero-order valence-electron chi connectivity index (χ0n) is 17.2. The van der Waals surface area contributed by atoms with E-state index in [1.165, 1.54) is 22.5 Å². The second-order valence-electron chi connectivity index (χ2n) is 7.36. The number of benzene rings is 3. The van der Waals surface area contributed by atoms with Gasteiger partial charge in [0, 0.05) is 11.4 Å². The Hall–Kier alpha value is -3.52. The van der Waals surface area contributed by atoms with Crippen molar-refractivity contribution in [1.82, 2.24) is 15.0 Å². The molecule has 0 fully saturated rings. The van der Waals surface area contributed by atoms with E-state index in [1.807, 2.05) is 30.3 Å². The van der Waals surface area contributed by atoms with Crippen LogP contribution in [0.15, 0.2) is 76.4 Å². The van der Waals surface area contributed by atoms with Crippen LogP contribution >= 0.6 is 11.8 Å². The number of aromatic nitrogens is 3. The molecule has 4 aromatic rings. The lowest BCUT2D eigenvalue weighted by Gasteiger charge is -2.13. The number of carboxylic acid groups (broad SMARTS) is 1. The third-order valence-corrected chi connectivity index (χ3v) is 6.41. The first kappa shape index (κ1) is 21.7. The van der Waals surface area contributed by atoms with Crippen LogP contribution in [0.2, 0.25) is 0 Å². The summed E-state index contributed by atoms with van der Waals surface area (Å²) in [6.07, 6.45) is 0.206. The van der Waals surface area contributed by atoms with E-state index in [0.29, 0.717) is 16.5 Å². The van der Waals surface area contributed by atoms with Gasteiger partial charge in [0.15, 0.2) is 0 Å². The van der Waals surface area contributed by atoms with Crippen LogP contribution in [0.3, 0.4) is 0 Å². The summed E-state index contributed by atoms with van der Waals surface area (Å²) in [7, 11) is 0. The lowest BCUT2D eigenvalue weighted by atomic mass is 10.0. The first-order valence-corrected chi connectivity index (χ1v) is 10.9. The second-order valence-corrected chi connectivity index (χ2v) is 8.63. The lowest BCUT2D eigenvalue weighted by molar-refractivity contribution is -0.136. The summed E-state index contributed by atoms with van der Waals surface area (Å²) < 4.78 is 15.0. The first-order chi connectivity index (χ1) is 15.4. The van der Waals surface area contributed by atoms with Gasteiger partial charge in [-0.1, -0.05) is 41.6 Å². The van der Waals surface area contributed by atoms with E-state index in [2.05, 4.69) is 10.3 Å². The number of hydrogen-bond donors (Lipinski definition) is 1. The van der Waals surface area contributed by atoms with E-state index in [-0.39, 0.29) is 24.3 Å². The van der Waals surface area contributed by atoms with Crippen molar-refractivity contribution < 1.29 is 14.3 Å². The summed E-state index contributed by atoms with van der Waals surface area (Å²) in [6.45, 7) is 1.85. The van der Waals surface area contributed by atoms with Crippen LogP contribution in [-0.2, 0) is 11.3 Å². The highest BCUT2D eigenvalue weighted by Gasteiger charge is 2.20. The number of halogens is 1. The van der Waals surface area contributed by atoms with Gasteiger partial charge in [-0.3, -0.25) is 9.59 Å². The van der Waals surface area contributed by atoms with E-state index < -0.39 is 11.2 Å². The number of rotatable bonds is 7. The molecule has 0 bridgehead atoms. The minimum Gasteiger partial charge on any atom is -0.480 e. The molecule has 1 heterocycles.